The highest BCUT2D eigenvalue weighted by molar-refractivity contribution is 6.01. The van der Waals surface area contributed by atoms with Gasteiger partial charge in [-0.2, -0.15) is 0 Å². The predicted molar refractivity (Wildman–Crippen MR) is 93.9 cm³/mol. The third-order valence-electron chi connectivity index (χ3n) is 5.75. The van der Waals surface area contributed by atoms with Crippen LogP contribution in [0.25, 0.3) is 11.0 Å². The summed E-state index contributed by atoms with van der Waals surface area (Å²) in [5, 5.41) is 4.26. The summed E-state index contributed by atoms with van der Waals surface area (Å²) in [5.74, 6) is 1.13. The van der Waals surface area contributed by atoms with E-state index in [1.54, 1.807) is 0 Å². The Morgan fingerprint density at radius 3 is 2.71 bits per heavy atom. The fourth-order valence-electron chi connectivity index (χ4n) is 4.31. The second kappa shape index (κ2) is 4.82. The fraction of sp³-hybridized carbons (Fsp3) is 0.400. The van der Waals surface area contributed by atoms with Crippen molar-refractivity contribution in [2.45, 2.75) is 34.1 Å². The zero-order valence-corrected chi connectivity index (χ0v) is 14.4. The lowest BCUT2D eigenvalue weighted by Gasteiger charge is -2.15. The Balaban J connectivity index is 1.70. The number of anilines is 1. The number of nitrogens with one attached hydrogen (secondary N) is 1. The van der Waals surface area contributed by atoms with Crippen LogP contribution >= 0.6 is 0 Å². The standard InChI is InChI=1S/C20H21NO3/c1-10-7-17(23)24-16-8-12(5-6-13(10)16)21-11(2)18-15(22)9-14-19(18)20(14,3)4/h5-8,14,19,21H,9H2,1-4H3. The number of ketones is 1. The summed E-state index contributed by atoms with van der Waals surface area (Å²) in [6, 6.07) is 7.21. The second-order valence-electron chi connectivity index (χ2n) is 7.66. The van der Waals surface area contributed by atoms with Gasteiger partial charge in [-0.05, 0) is 48.8 Å². The molecule has 0 spiro atoms. The molecular formula is C20H21NO3. The van der Waals surface area contributed by atoms with Crippen molar-refractivity contribution in [2.24, 2.45) is 17.3 Å². The third kappa shape index (κ3) is 2.13. The number of carbonyl (C=O) groups is 1. The van der Waals surface area contributed by atoms with E-state index in [0.717, 1.165) is 27.9 Å². The van der Waals surface area contributed by atoms with Gasteiger partial charge in [0.05, 0.1) is 0 Å². The maximum absolute atomic E-state index is 12.3. The molecule has 124 valence electrons. The Labute approximate surface area is 140 Å². The largest absolute Gasteiger partial charge is 0.423 e. The molecule has 2 aliphatic rings. The van der Waals surface area contributed by atoms with Gasteiger partial charge in [0.15, 0.2) is 5.78 Å². The average Bonchev–Trinajstić information content (AvgIpc) is 2.85. The van der Waals surface area contributed by atoms with Crippen molar-refractivity contribution in [3.8, 4) is 0 Å². The van der Waals surface area contributed by atoms with Gasteiger partial charge in [0.2, 0.25) is 0 Å². The topological polar surface area (TPSA) is 59.3 Å². The summed E-state index contributed by atoms with van der Waals surface area (Å²) >= 11 is 0. The number of benzene rings is 1. The molecule has 1 N–H and O–H groups in total. The number of hydrogen-bond acceptors (Lipinski definition) is 4. The van der Waals surface area contributed by atoms with E-state index in [0.29, 0.717) is 23.8 Å². The number of Topliss-reactive ketones (excluding diaryl/α,β-unsaturated/α-hetero) is 1. The average molecular weight is 323 g/mol. The molecule has 2 saturated carbocycles. The van der Waals surface area contributed by atoms with Gasteiger partial charge in [-0.3, -0.25) is 4.79 Å². The van der Waals surface area contributed by atoms with Crippen LogP contribution in [0.1, 0.15) is 32.8 Å². The van der Waals surface area contributed by atoms with E-state index in [4.69, 9.17) is 4.42 Å². The van der Waals surface area contributed by atoms with E-state index in [1.165, 1.54) is 6.07 Å². The Morgan fingerprint density at radius 1 is 1.25 bits per heavy atom. The van der Waals surface area contributed by atoms with E-state index in [2.05, 4.69) is 19.2 Å². The minimum atomic E-state index is -0.347. The van der Waals surface area contributed by atoms with Crippen molar-refractivity contribution < 1.29 is 9.21 Å². The van der Waals surface area contributed by atoms with Crippen LogP contribution in [0.5, 0.6) is 0 Å². The van der Waals surface area contributed by atoms with Gasteiger partial charge in [-0.15, -0.1) is 0 Å². The number of aryl methyl sites for hydroxylation is 1. The first-order valence-electron chi connectivity index (χ1n) is 8.34. The molecule has 4 nitrogen and oxygen atoms in total. The Hall–Kier alpha value is -2.36. The summed E-state index contributed by atoms with van der Waals surface area (Å²) < 4.78 is 5.30. The van der Waals surface area contributed by atoms with Crippen LogP contribution in [-0.4, -0.2) is 5.78 Å². The van der Waals surface area contributed by atoms with E-state index < -0.39 is 0 Å². The molecule has 0 bridgehead atoms. The fourth-order valence-corrected chi connectivity index (χ4v) is 4.31. The molecule has 0 aliphatic heterocycles. The van der Waals surface area contributed by atoms with Crippen LogP contribution in [0.4, 0.5) is 5.69 Å². The van der Waals surface area contributed by atoms with Gasteiger partial charge in [-0.1, -0.05) is 13.8 Å². The Bertz CT molecular complexity index is 964. The lowest BCUT2D eigenvalue weighted by Crippen LogP contribution is -2.12. The van der Waals surface area contributed by atoms with Crippen LogP contribution in [0.2, 0.25) is 0 Å². The van der Waals surface area contributed by atoms with Crippen molar-refractivity contribution in [2.75, 3.05) is 5.32 Å². The van der Waals surface area contributed by atoms with Crippen LogP contribution in [0, 0.1) is 24.2 Å². The van der Waals surface area contributed by atoms with Crippen LogP contribution in [0.3, 0.4) is 0 Å². The highest BCUT2D eigenvalue weighted by atomic mass is 16.4. The van der Waals surface area contributed by atoms with E-state index >= 15 is 0 Å². The molecule has 1 aromatic heterocycles. The predicted octanol–water partition coefficient (Wildman–Crippen LogP) is 4.03. The quantitative estimate of drug-likeness (QED) is 0.669. The number of rotatable bonds is 2. The summed E-state index contributed by atoms with van der Waals surface area (Å²) in [6.07, 6.45) is 0.664. The zero-order chi connectivity index (χ0) is 17.2. The van der Waals surface area contributed by atoms with Crippen molar-refractivity contribution >= 4 is 22.4 Å². The van der Waals surface area contributed by atoms with Gasteiger partial charge in [0, 0.05) is 40.9 Å². The van der Waals surface area contributed by atoms with Crippen molar-refractivity contribution in [3.63, 3.8) is 0 Å². The highest BCUT2D eigenvalue weighted by Gasteiger charge is 2.65. The minimum Gasteiger partial charge on any atom is -0.423 e. The van der Waals surface area contributed by atoms with Gasteiger partial charge >= 0.3 is 5.63 Å². The smallest absolute Gasteiger partial charge is 0.336 e. The number of allylic oxidation sites excluding steroid dienone is 2. The maximum Gasteiger partial charge on any atom is 0.336 e. The molecule has 0 saturated heterocycles. The van der Waals surface area contributed by atoms with Crippen LogP contribution in [0.15, 0.2) is 44.7 Å². The summed E-state index contributed by atoms with van der Waals surface area (Å²) in [6.45, 7) is 8.32. The molecule has 0 amide bonds. The van der Waals surface area contributed by atoms with Crippen LogP contribution in [-0.2, 0) is 4.79 Å². The molecule has 4 rings (SSSR count). The normalized spacial score (nSPS) is 26.4. The molecule has 2 aliphatic carbocycles. The molecule has 0 radical (unpaired) electrons. The SMILES string of the molecule is CC(Nc1ccc2c(C)cc(=O)oc2c1)=C1C(=O)CC2C1C2(C)C. The molecule has 1 heterocycles. The van der Waals surface area contributed by atoms with Gasteiger partial charge in [0.1, 0.15) is 5.58 Å². The van der Waals surface area contributed by atoms with E-state index in [-0.39, 0.29) is 16.8 Å². The van der Waals surface area contributed by atoms with Gasteiger partial charge in [0.25, 0.3) is 0 Å². The Kier molecular flexibility index (Phi) is 3.05. The highest BCUT2D eigenvalue weighted by Crippen LogP contribution is 2.68. The summed E-state index contributed by atoms with van der Waals surface area (Å²) in [7, 11) is 0. The first kappa shape index (κ1) is 15.2. The third-order valence-corrected chi connectivity index (χ3v) is 5.75. The summed E-state index contributed by atoms with van der Waals surface area (Å²) in [5.41, 5.74) is 4.03. The number of hydrogen-bond donors (Lipinski definition) is 1. The number of fused-ring (bicyclic) bond motifs is 2. The lowest BCUT2D eigenvalue weighted by molar-refractivity contribution is -0.115. The molecule has 4 heteroatoms. The van der Waals surface area contributed by atoms with Crippen LogP contribution < -0.4 is 10.9 Å². The minimum absolute atomic E-state index is 0.236. The Morgan fingerprint density at radius 2 is 2.00 bits per heavy atom. The van der Waals surface area contributed by atoms with Crippen molar-refractivity contribution in [1.82, 2.24) is 0 Å². The van der Waals surface area contributed by atoms with Crippen molar-refractivity contribution in [3.05, 3.63) is 51.5 Å². The van der Waals surface area contributed by atoms with E-state index in [1.807, 2.05) is 32.0 Å². The van der Waals surface area contributed by atoms with Crippen molar-refractivity contribution in [1.29, 1.82) is 0 Å². The first-order chi connectivity index (χ1) is 11.3. The molecule has 1 aromatic carbocycles. The molecule has 2 atom stereocenters. The molecule has 24 heavy (non-hydrogen) atoms. The lowest BCUT2D eigenvalue weighted by atomic mass is 9.95. The van der Waals surface area contributed by atoms with Gasteiger partial charge in [-0.25, -0.2) is 4.79 Å². The molecular weight excluding hydrogens is 302 g/mol. The molecule has 2 aromatic rings. The monoisotopic (exact) mass is 323 g/mol. The maximum atomic E-state index is 12.3. The summed E-state index contributed by atoms with van der Waals surface area (Å²) in [4.78, 5) is 23.8. The second-order valence-corrected chi connectivity index (χ2v) is 7.66. The molecule has 2 unspecified atom stereocenters. The first-order valence-corrected chi connectivity index (χ1v) is 8.34. The molecule has 2 fully saturated rings. The number of carbonyl (C=O) groups excluding carboxylic acids is 1. The zero-order valence-electron chi connectivity index (χ0n) is 14.4. The van der Waals surface area contributed by atoms with E-state index in [9.17, 15) is 9.59 Å². The van der Waals surface area contributed by atoms with Gasteiger partial charge < -0.3 is 9.73 Å².